The molecule has 2 aromatic carbocycles. The number of ether oxygens (including phenoxy) is 1. The van der Waals surface area contributed by atoms with Crippen LogP contribution in [0, 0.1) is 0 Å². The van der Waals surface area contributed by atoms with E-state index < -0.39 is 6.10 Å². The summed E-state index contributed by atoms with van der Waals surface area (Å²) in [6.07, 6.45) is -0.505. The first-order chi connectivity index (χ1) is 12.4. The SMILES string of the molecule is C[C@@H](Oc1ccc(C(C)(C)C)cc1)C(=O)NCCSCc1ccccc1. The molecule has 140 valence electrons. The summed E-state index contributed by atoms with van der Waals surface area (Å²) in [6, 6.07) is 18.3. The maximum atomic E-state index is 12.2. The summed E-state index contributed by atoms with van der Waals surface area (Å²) >= 11 is 1.81. The lowest BCUT2D eigenvalue weighted by atomic mass is 9.87. The van der Waals surface area contributed by atoms with Gasteiger partial charge >= 0.3 is 0 Å². The van der Waals surface area contributed by atoms with Crippen molar-refractivity contribution >= 4 is 17.7 Å². The molecule has 1 N–H and O–H groups in total. The van der Waals surface area contributed by atoms with Crippen LogP contribution in [0.1, 0.15) is 38.8 Å². The minimum Gasteiger partial charge on any atom is -0.481 e. The Balaban J connectivity index is 1.68. The molecule has 0 aliphatic carbocycles. The average molecular weight is 372 g/mol. The smallest absolute Gasteiger partial charge is 0.260 e. The van der Waals surface area contributed by atoms with Gasteiger partial charge in [-0.05, 0) is 35.6 Å². The highest BCUT2D eigenvalue weighted by Crippen LogP contribution is 2.24. The van der Waals surface area contributed by atoms with E-state index in [2.05, 4.69) is 50.4 Å². The Morgan fingerprint density at radius 2 is 1.73 bits per heavy atom. The first kappa shape index (κ1) is 20.4. The fourth-order valence-electron chi connectivity index (χ4n) is 2.45. The number of hydrogen-bond donors (Lipinski definition) is 1. The Labute approximate surface area is 161 Å². The topological polar surface area (TPSA) is 38.3 Å². The van der Waals surface area contributed by atoms with Crippen molar-refractivity contribution in [3.05, 3.63) is 65.7 Å². The van der Waals surface area contributed by atoms with Gasteiger partial charge in [0.25, 0.3) is 5.91 Å². The van der Waals surface area contributed by atoms with Gasteiger partial charge in [0.2, 0.25) is 0 Å². The zero-order valence-electron chi connectivity index (χ0n) is 16.1. The highest BCUT2D eigenvalue weighted by atomic mass is 32.2. The van der Waals surface area contributed by atoms with E-state index in [9.17, 15) is 4.79 Å². The highest BCUT2D eigenvalue weighted by Gasteiger charge is 2.16. The number of hydrogen-bond acceptors (Lipinski definition) is 3. The van der Waals surface area contributed by atoms with E-state index in [4.69, 9.17) is 4.74 Å². The molecule has 0 spiro atoms. The normalized spacial score (nSPS) is 12.5. The van der Waals surface area contributed by atoms with E-state index in [1.165, 1.54) is 11.1 Å². The van der Waals surface area contributed by atoms with Crippen LogP contribution in [-0.4, -0.2) is 24.3 Å². The van der Waals surface area contributed by atoms with Crippen LogP contribution in [0.25, 0.3) is 0 Å². The molecule has 0 saturated carbocycles. The minimum atomic E-state index is -0.505. The quantitative estimate of drug-likeness (QED) is 0.677. The van der Waals surface area contributed by atoms with Crippen molar-refractivity contribution in [3.8, 4) is 5.75 Å². The van der Waals surface area contributed by atoms with Crippen LogP contribution >= 0.6 is 11.8 Å². The first-order valence-electron chi connectivity index (χ1n) is 9.03. The molecule has 2 aromatic rings. The van der Waals surface area contributed by atoms with Crippen LogP contribution in [0.2, 0.25) is 0 Å². The number of amides is 1. The molecule has 0 fully saturated rings. The third-order valence-corrected chi connectivity index (χ3v) is 5.09. The van der Waals surface area contributed by atoms with Gasteiger partial charge in [0.15, 0.2) is 6.10 Å². The maximum absolute atomic E-state index is 12.2. The highest BCUT2D eigenvalue weighted by molar-refractivity contribution is 7.98. The Morgan fingerprint density at radius 1 is 1.08 bits per heavy atom. The molecule has 1 amide bonds. The van der Waals surface area contributed by atoms with Gasteiger partial charge < -0.3 is 10.1 Å². The number of rotatable bonds is 8. The predicted octanol–water partition coefficient (Wildman–Crippen LogP) is 4.80. The average Bonchev–Trinajstić information content (AvgIpc) is 2.62. The van der Waals surface area contributed by atoms with E-state index in [1.54, 1.807) is 6.92 Å². The van der Waals surface area contributed by atoms with Crippen molar-refractivity contribution in [2.75, 3.05) is 12.3 Å². The molecule has 0 aliphatic heterocycles. The lowest BCUT2D eigenvalue weighted by Crippen LogP contribution is -2.37. The van der Waals surface area contributed by atoms with Crippen LogP contribution in [0.15, 0.2) is 54.6 Å². The second-order valence-electron chi connectivity index (χ2n) is 7.36. The second-order valence-corrected chi connectivity index (χ2v) is 8.47. The Kier molecular flexibility index (Phi) is 7.58. The molecule has 0 radical (unpaired) electrons. The maximum Gasteiger partial charge on any atom is 0.260 e. The number of carbonyl (C=O) groups is 1. The van der Waals surface area contributed by atoms with Gasteiger partial charge in [-0.2, -0.15) is 11.8 Å². The summed E-state index contributed by atoms with van der Waals surface area (Å²) in [4.78, 5) is 12.2. The van der Waals surface area contributed by atoms with Gasteiger partial charge in [-0.3, -0.25) is 4.79 Å². The van der Waals surface area contributed by atoms with E-state index in [-0.39, 0.29) is 11.3 Å². The zero-order chi connectivity index (χ0) is 19.0. The number of nitrogens with one attached hydrogen (secondary N) is 1. The largest absolute Gasteiger partial charge is 0.481 e. The first-order valence-corrected chi connectivity index (χ1v) is 10.2. The molecule has 3 nitrogen and oxygen atoms in total. The summed E-state index contributed by atoms with van der Waals surface area (Å²) < 4.78 is 5.75. The van der Waals surface area contributed by atoms with E-state index >= 15 is 0 Å². The van der Waals surface area contributed by atoms with Crippen molar-refractivity contribution in [3.63, 3.8) is 0 Å². The van der Waals surface area contributed by atoms with Crippen LogP contribution in [0.4, 0.5) is 0 Å². The second kappa shape index (κ2) is 9.67. The lowest BCUT2D eigenvalue weighted by Gasteiger charge is -2.20. The van der Waals surface area contributed by atoms with Crippen molar-refractivity contribution in [1.29, 1.82) is 0 Å². The molecule has 0 unspecified atom stereocenters. The van der Waals surface area contributed by atoms with Crippen LogP contribution in [0.3, 0.4) is 0 Å². The molecule has 1 atom stereocenters. The van der Waals surface area contributed by atoms with Crippen LogP contribution in [-0.2, 0) is 16.0 Å². The molecule has 4 heteroatoms. The van der Waals surface area contributed by atoms with Crippen molar-refractivity contribution in [2.45, 2.75) is 45.0 Å². The summed E-state index contributed by atoms with van der Waals surface area (Å²) in [6.45, 7) is 8.95. The molecule has 26 heavy (non-hydrogen) atoms. The van der Waals surface area contributed by atoms with Gasteiger partial charge in [0.05, 0.1) is 0 Å². The molecule has 0 aromatic heterocycles. The van der Waals surface area contributed by atoms with Crippen LogP contribution < -0.4 is 10.1 Å². The monoisotopic (exact) mass is 371 g/mol. The molecule has 0 bridgehead atoms. The Hall–Kier alpha value is -1.94. The van der Waals surface area contributed by atoms with Gasteiger partial charge in [0.1, 0.15) is 5.75 Å². The third kappa shape index (κ3) is 6.75. The van der Waals surface area contributed by atoms with E-state index in [1.807, 2.05) is 42.1 Å². The third-order valence-electron chi connectivity index (χ3n) is 4.06. The molecule has 2 rings (SSSR count). The number of carbonyl (C=O) groups excluding carboxylic acids is 1. The summed E-state index contributed by atoms with van der Waals surface area (Å²) in [7, 11) is 0. The van der Waals surface area contributed by atoms with Gasteiger partial charge in [-0.25, -0.2) is 0 Å². The standard InChI is InChI=1S/C22H29NO2S/c1-17(25-20-12-10-19(11-13-20)22(2,3)4)21(24)23-14-15-26-16-18-8-6-5-7-9-18/h5-13,17H,14-16H2,1-4H3,(H,23,24)/t17-/m1/s1. The number of benzene rings is 2. The Morgan fingerprint density at radius 3 is 2.35 bits per heavy atom. The number of thioether (sulfide) groups is 1. The van der Waals surface area contributed by atoms with E-state index in [0.29, 0.717) is 6.54 Å². The van der Waals surface area contributed by atoms with Crippen LogP contribution in [0.5, 0.6) is 5.75 Å². The predicted molar refractivity (Wildman–Crippen MR) is 111 cm³/mol. The molecular weight excluding hydrogens is 342 g/mol. The summed E-state index contributed by atoms with van der Waals surface area (Å²) in [5.74, 6) is 2.49. The lowest BCUT2D eigenvalue weighted by molar-refractivity contribution is -0.127. The summed E-state index contributed by atoms with van der Waals surface area (Å²) in [5, 5.41) is 2.94. The Bertz CT molecular complexity index is 678. The van der Waals surface area contributed by atoms with Gasteiger partial charge in [-0.1, -0.05) is 63.2 Å². The fraction of sp³-hybridized carbons (Fsp3) is 0.409. The van der Waals surface area contributed by atoms with Gasteiger partial charge in [0, 0.05) is 18.1 Å². The molecule has 0 saturated heterocycles. The van der Waals surface area contributed by atoms with Crippen molar-refractivity contribution < 1.29 is 9.53 Å². The fourth-order valence-corrected chi connectivity index (χ4v) is 3.26. The minimum absolute atomic E-state index is 0.0785. The van der Waals surface area contributed by atoms with E-state index in [0.717, 1.165) is 17.3 Å². The summed E-state index contributed by atoms with van der Waals surface area (Å²) in [5.41, 5.74) is 2.66. The molecular formula is C22H29NO2S. The van der Waals surface area contributed by atoms with Crippen molar-refractivity contribution in [1.82, 2.24) is 5.32 Å². The van der Waals surface area contributed by atoms with Crippen molar-refractivity contribution in [2.24, 2.45) is 0 Å². The molecule has 0 aliphatic rings. The zero-order valence-corrected chi connectivity index (χ0v) is 16.9. The van der Waals surface area contributed by atoms with Gasteiger partial charge in [-0.15, -0.1) is 0 Å². The molecule has 0 heterocycles.